The van der Waals surface area contributed by atoms with E-state index in [1.54, 1.807) is 14.2 Å². The fraction of sp³-hybridized carbons (Fsp3) is 0.357. The number of methoxy groups -OCH3 is 2. The summed E-state index contributed by atoms with van der Waals surface area (Å²) in [5, 5.41) is 0. The van der Waals surface area contributed by atoms with Gasteiger partial charge < -0.3 is 9.47 Å². The van der Waals surface area contributed by atoms with Gasteiger partial charge in [-0.25, -0.2) is 0 Å². The first-order valence-corrected chi connectivity index (χ1v) is 5.61. The van der Waals surface area contributed by atoms with Gasteiger partial charge in [-0.1, -0.05) is 12.6 Å². The third-order valence-electron chi connectivity index (χ3n) is 3.25. The monoisotopic (exact) mass is 232 g/mol. The van der Waals surface area contributed by atoms with Crippen LogP contribution >= 0.6 is 0 Å². The molecule has 0 amide bonds. The number of ether oxygens (including phenoxy) is 2. The van der Waals surface area contributed by atoms with E-state index in [2.05, 4.69) is 6.58 Å². The number of Topliss-reactive ketones (excluding diaryl/α,β-unsaturated/α-hetero) is 1. The summed E-state index contributed by atoms with van der Waals surface area (Å²) < 4.78 is 10.4. The van der Waals surface area contributed by atoms with E-state index in [0.717, 1.165) is 12.0 Å². The van der Waals surface area contributed by atoms with Crippen molar-refractivity contribution in [2.24, 2.45) is 0 Å². The van der Waals surface area contributed by atoms with E-state index < -0.39 is 0 Å². The van der Waals surface area contributed by atoms with Crippen LogP contribution in [0.15, 0.2) is 30.4 Å². The molecule has 1 atom stereocenters. The molecule has 0 aliphatic heterocycles. The Morgan fingerprint density at radius 1 is 1.24 bits per heavy atom. The summed E-state index contributed by atoms with van der Waals surface area (Å²) >= 11 is 0. The molecule has 3 heteroatoms. The van der Waals surface area contributed by atoms with Crippen LogP contribution in [-0.2, 0) is 4.79 Å². The third-order valence-corrected chi connectivity index (χ3v) is 3.25. The molecule has 0 N–H and O–H groups in total. The molecule has 1 aromatic carbocycles. The fourth-order valence-corrected chi connectivity index (χ4v) is 2.24. The molecule has 0 aromatic heterocycles. The van der Waals surface area contributed by atoms with E-state index in [1.165, 1.54) is 0 Å². The van der Waals surface area contributed by atoms with Gasteiger partial charge in [-0.3, -0.25) is 4.79 Å². The Labute approximate surface area is 101 Å². The molecule has 3 nitrogen and oxygen atoms in total. The summed E-state index contributed by atoms with van der Waals surface area (Å²) in [5.41, 5.74) is 1.77. The first-order chi connectivity index (χ1) is 8.17. The minimum atomic E-state index is 0.127. The lowest BCUT2D eigenvalue weighted by Gasteiger charge is -2.14. The third kappa shape index (κ3) is 2.05. The van der Waals surface area contributed by atoms with E-state index in [9.17, 15) is 4.79 Å². The van der Waals surface area contributed by atoms with Crippen LogP contribution in [0.5, 0.6) is 11.5 Å². The van der Waals surface area contributed by atoms with Crippen molar-refractivity contribution in [1.82, 2.24) is 0 Å². The van der Waals surface area contributed by atoms with Gasteiger partial charge in [0.05, 0.1) is 14.2 Å². The number of carbonyl (C=O) groups excluding carboxylic acids is 1. The highest BCUT2D eigenvalue weighted by molar-refractivity contribution is 5.98. The molecular formula is C14H16O3. The fourth-order valence-electron chi connectivity index (χ4n) is 2.24. The van der Waals surface area contributed by atoms with Crippen LogP contribution in [0.4, 0.5) is 0 Å². The van der Waals surface area contributed by atoms with E-state index in [0.29, 0.717) is 23.5 Å². The molecule has 1 unspecified atom stereocenters. The molecule has 0 spiro atoms. The molecule has 1 aliphatic carbocycles. The summed E-state index contributed by atoms with van der Waals surface area (Å²) in [6.45, 7) is 3.87. The highest BCUT2D eigenvalue weighted by Crippen LogP contribution is 2.39. The number of carbonyl (C=O) groups is 1. The second-order valence-corrected chi connectivity index (χ2v) is 4.15. The smallest absolute Gasteiger partial charge is 0.161 e. The van der Waals surface area contributed by atoms with Gasteiger partial charge >= 0.3 is 0 Å². The van der Waals surface area contributed by atoms with Gasteiger partial charge in [0.15, 0.2) is 17.3 Å². The molecule has 0 heterocycles. The molecular weight excluding hydrogens is 216 g/mol. The molecule has 1 saturated carbocycles. The van der Waals surface area contributed by atoms with Gasteiger partial charge in [0.2, 0.25) is 0 Å². The molecule has 1 fully saturated rings. The lowest BCUT2D eigenvalue weighted by Crippen LogP contribution is -2.00. The van der Waals surface area contributed by atoms with Crippen LogP contribution in [0.1, 0.15) is 24.3 Å². The summed E-state index contributed by atoms with van der Waals surface area (Å²) in [4.78, 5) is 11.5. The molecule has 0 radical (unpaired) electrons. The molecule has 2 rings (SSSR count). The van der Waals surface area contributed by atoms with Crippen molar-refractivity contribution >= 4 is 5.78 Å². The molecule has 0 saturated heterocycles. The average Bonchev–Trinajstić information content (AvgIpc) is 2.69. The number of ketones is 1. The van der Waals surface area contributed by atoms with Crippen LogP contribution in [0.25, 0.3) is 0 Å². The Kier molecular flexibility index (Phi) is 3.18. The topological polar surface area (TPSA) is 35.5 Å². The quantitative estimate of drug-likeness (QED) is 0.752. The van der Waals surface area contributed by atoms with Crippen LogP contribution in [0, 0.1) is 0 Å². The normalized spacial score (nSPS) is 19.5. The molecule has 90 valence electrons. The van der Waals surface area contributed by atoms with E-state index in [-0.39, 0.29) is 11.7 Å². The standard InChI is InChI=1S/C14H16O3/c1-9-11(5-6-12(9)15)10-4-7-13(16-2)14(8-10)17-3/h4,7-8,11H,1,5-6H2,2-3H3. The average molecular weight is 232 g/mol. The van der Waals surface area contributed by atoms with Crippen LogP contribution in [0.2, 0.25) is 0 Å². The molecule has 1 aliphatic rings. The van der Waals surface area contributed by atoms with Crippen molar-refractivity contribution in [1.29, 1.82) is 0 Å². The summed E-state index contributed by atoms with van der Waals surface area (Å²) in [5.74, 6) is 1.69. The Hall–Kier alpha value is -1.77. The first kappa shape index (κ1) is 11.7. The lowest BCUT2D eigenvalue weighted by molar-refractivity contribution is -0.114. The number of allylic oxidation sites excluding steroid dienone is 1. The predicted molar refractivity (Wildman–Crippen MR) is 65.7 cm³/mol. The zero-order chi connectivity index (χ0) is 12.4. The highest BCUT2D eigenvalue weighted by Gasteiger charge is 2.28. The number of rotatable bonds is 3. The van der Waals surface area contributed by atoms with Gasteiger partial charge in [0.25, 0.3) is 0 Å². The maximum absolute atomic E-state index is 11.5. The van der Waals surface area contributed by atoms with Gasteiger partial charge in [-0.05, 0) is 29.7 Å². The summed E-state index contributed by atoms with van der Waals surface area (Å²) in [6, 6.07) is 5.76. The van der Waals surface area contributed by atoms with Gasteiger partial charge in [-0.2, -0.15) is 0 Å². The predicted octanol–water partition coefficient (Wildman–Crippen LogP) is 2.71. The molecule has 17 heavy (non-hydrogen) atoms. The van der Waals surface area contributed by atoms with Gasteiger partial charge in [0, 0.05) is 12.3 Å². The summed E-state index contributed by atoms with van der Waals surface area (Å²) in [7, 11) is 3.21. The van der Waals surface area contributed by atoms with Crippen LogP contribution in [0.3, 0.4) is 0 Å². The van der Waals surface area contributed by atoms with Crippen LogP contribution < -0.4 is 9.47 Å². The second-order valence-electron chi connectivity index (χ2n) is 4.15. The second kappa shape index (κ2) is 4.62. The Bertz CT molecular complexity index is 463. The number of benzene rings is 1. The van der Waals surface area contributed by atoms with Crippen molar-refractivity contribution in [2.75, 3.05) is 14.2 Å². The van der Waals surface area contributed by atoms with E-state index >= 15 is 0 Å². The first-order valence-electron chi connectivity index (χ1n) is 5.61. The maximum Gasteiger partial charge on any atom is 0.161 e. The molecule has 0 bridgehead atoms. The largest absolute Gasteiger partial charge is 0.493 e. The van der Waals surface area contributed by atoms with Crippen LogP contribution in [-0.4, -0.2) is 20.0 Å². The zero-order valence-corrected chi connectivity index (χ0v) is 10.2. The van der Waals surface area contributed by atoms with Crippen molar-refractivity contribution < 1.29 is 14.3 Å². The van der Waals surface area contributed by atoms with Crippen molar-refractivity contribution in [3.8, 4) is 11.5 Å². The van der Waals surface area contributed by atoms with Gasteiger partial charge in [-0.15, -0.1) is 0 Å². The SMILES string of the molecule is C=C1C(=O)CCC1c1ccc(OC)c(OC)c1. The number of hydrogen-bond donors (Lipinski definition) is 0. The molecule has 1 aromatic rings. The van der Waals surface area contributed by atoms with E-state index in [4.69, 9.17) is 9.47 Å². The van der Waals surface area contributed by atoms with Crippen molar-refractivity contribution in [3.63, 3.8) is 0 Å². The Morgan fingerprint density at radius 3 is 2.47 bits per heavy atom. The zero-order valence-electron chi connectivity index (χ0n) is 10.2. The Balaban J connectivity index is 2.34. The minimum absolute atomic E-state index is 0.127. The highest BCUT2D eigenvalue weighted by atomic mass is 16.5. The summed E-state index contributed by atoms with van der Waals surface area (Å²) in [6.07, 6.45) is 1.44. The lowest BCUT2D eigenvalue weighted by atomic mass is 9.94. The number of hydrogen-bond acceptors (Lipinski definition) is 3. The van der Waals surface area contributed by atoms with Crippen molar-refractivity contribution in [2.45, 2.75) is 18.8 Å². The maximum atomic E-state index is 11.5. The minimum Gasteiger partial charge on any atom is -0.493 e. The Morgan fingerprint density at radius 2 is 1.94 bits per heavy atom. The van der Waals surface area contributed by atoms with Gasteiger partial charge in [0.1, 0.15) is 0 Å². The van der Waals surface area contributed by atoms with Crippen molar-refractivity contribution in [3.05, 3.63) is 35.9 Å². The van der Waals surface area contributed by atoms with E-state index in [1.807, 2.05) is 18.2 Å².